The average Bonchev–Trinajstić information content (AvgIpc) is 3.26. The maximum atomic E-state index is 13.1. The number of aliphatic hydroxyl groups excluding tert-OH is 2. The lowest BCUT2D eigenvalue weighted by molar-refractivity contribution is -0.132. The van der Waals surface area contributed by atoms with Gasteiger partial charge < -0.3 is 30.5 Å². The van der Waals surface area contributed by atoms with Gasteiger partial charge in [-0.3, -0.25) is 9.79 Å². The van der Waals surface area contributed by atoms with Gasteiger partial charge >= 0.3 is 0 Å². The topological polar surface area (TPSA) is 124 Å². The number of aliphatic imine (C=N–C) groups is 2. The van der Waals surface area contributed by atoms with Gasteiger partial charge in [-0.1, -0.05) is 46.0 Å². The van der Waals surface area contributed by atoms with Crippen LogP contribution in [0, 0.1) is 0 Å². The van der Waals surface area contributed by atoms with E-state index in [1.807, 2.05) is 9.80 Å². The second kappa shape index (κ2) is 9.40. The van der Waals surface area contributed by atoms with Crippen LogP contribution in [0.25, 0.3) is 0 Å². The van der Waals surface area contributed by atoms with Crippen LogP contribution >= 0.6 is 0 Å². The number of hydrogen-bond acceptors (Lipinski definition) is 8. The smallest absolute Gasteiger partial charge is 0.280 e. The molecule has 3 aliphatic heterocycles. The number of unbranched alkanes of at least 4 members (excludes halogenated alkanes) is 4. The molecular weight excluding hydrogens is 374 g/mol. The molecule has 3 aliphatic rings. The average molecular weight is 410 g/mol. The molecule has 0 bridgehead atoms. The van der Waals surface area contributed by atoms with Gasteiger partial charge in [0.15, 0.2) is 5.54 Å². The van der Waals surface area contributed by atoms with E-state index in [2.05, 4.69) is 23.8 Å². The molecule has 3 heterocycles. The largest absolute Gasteiger partial charge is 0.394 e. The molecule has 1 saturated heterocycles. The van der Waals surface area contributed by atoms with Crippen LogP contribution in [0.3, 0.4) is 0 Å². The zero-order valence-corrected chi connectivity index (χ0v) is 17.5. The second-order valence-corrected chi connectivity index (χ2v) is 8.24. The summed E-state index contributed by atoms with van der Waals surface area (Å²) in [5.74, 6) is -0.0891. The minimum Gasteiger partial charge on any atom is -0.394 e. The molecule has 4 N–H and O–H groups in total. The molecule has 2 unspecified atom stereocenters. The van der Waals surface area contributed by atoms with E-state index in [1.165, 1.54) is 0 Å². The molecule has 0 spiro atoms. The van der Waals surface area contributed by atoms with Crippen LogP contribution in [0.15, 0.2) is 9.98 Å². The molecule has 1 amide bonds. The van der Waals surface area contributed by atoms with Crippen LogP contribution in [0.1, 0.15) is 65.2 Å². The predicted molar refractivity (Wildman–Crippen MR) is 110 cm³/mol. The van der Waals surface area contributed by atoms with Crippen molar-refractivity contribution in [3.05, 3.63) is 0 Å². The summed E-state index contributed by atoms with van der Waals surface area (Å²) < 4.78 is 5.89. The third-order valence-corrected chi connectivity index (χ3v) is 6.19. The molecule has 5 atom stereocenters. The van der Waals surface area contributed by atoms with Gasteiger partial charge in [-0.2, -0.15) is 4.99 Å². The number of guanidine groups is 1. The molecule has 0 aromatic rings. The van der Waals surface area contributed by atoms with Gasteiger partial charge in [-0.15, -0.1) is 0 Å². The van der Waals surface area contributed by atoms with Crippen LogP contribution < -0.4 is 5.73 Å². The molecule has 3 rings (SSSR count). The van der Waals surface area contributed by atoms with Crippen molar-refractivity contribution >= 4 is 18.2 Å². The quantitative estimate of drug-likeness (QED) is 0.456. The number of rotatable bonds is 10. The monoisotopic (exact) mass is 409 g/mol. The Morgan fingerprint density at radius 1 is 1.28 bits per heavy atom. The summed E-state index contributed by atoms with van der Waals surface area (Å²) in [6.45, 7) is 4.69. The van der Waals surface area contributed by atoms with Crippen molar-refractivity contribution in [1.82, 2.24) is 9.80 Å². The first-order valence-electron chi connectivity index (χ1n) is 10.9. The standard InChI is InChI=1S/C20H35N5O4/c1-3-5-7-9-20-17(28)23-19(21)24(10-8-6-4-2)18(20)25(13-22-20)16-11-14(27)15(12-26)29-16/h13-16,18,26-27H,3-12H2,1-2H3,(H2,21,23,28)/t14-,15+,16+,18?,20?/m0/s1. The molecule has 0 aromatic heterocycles. The van der Waals surface area contributed by atoms with Crippen molar-refractivity contribution in [1.29, 1.82) is 0 Å². The summed E-state index contributed by atoms with van der Waals surface area (Å²) in [5.41, 5.74) is 5.20. The Morgan fingerprint density at radius 3 is 2.66 bits per heavy atom. The first-order valence-corrected chi connectivity index (χ1v) is 10.9. The Balaban J connectivity index is 1.90. The second-order valence-electron chi connectivity index (χ2n) is 8.24. The zero-order valence-electron chi connectivity index (χ0n) is 17.5. The Bertz CT molecular complexity index is 642. The number of carbonyl (C=O) groups is 1. The molecule has 164 valence electrons. The van der Waals surface area contributed by atoms with E-state index in [1.54, 1.807) is 6.34 Å². The number of amides is 1. The van der Waals surface area contributed by atoms with Crippen molar-refractivity contribution in [3.8, 4) is 0 Å². The summed E-state index contributed by atoms with van der Waals surface area (Å²) in [4.78, 5) is 25.8. The van der Waals surface area contributed by atoms with Crippen molar-refractivity contribution in [2.75, 3.05) is 13.2 Å². The van der Waals surface area contributed by atoms with Crippen molar-refractivity contribution in [3.63, 3.8) is 0 Å². The summed E-state index contributed by atoms with van der Waals surface area (Å²) in [6.07, 6.45) is 6.30. The van der Waals surface area contributed by atoms with E-state index >= 15 is 0 Å². The lowest BCUT2D eigenvalue weighted by Crippen LogP contribution is -2.67. The Hall–Kier alpha value is -1.71. The highest BCUT2D eigenvalue weighted by atomic mass is 16.5. The van der Waals surface area contributed by atoms with Gasteiger partial charge in [0.2, 0.25) is 5.96 Å². The van der Waals surface area contributed by atoms with Gasteiger partial charge in [-0.05, 0) is 12.8 Å². The van der Waals surface area contributed by atoms with Gasteiger partial charge in [0.05, 0.1) is 19.0 Å². The minimum absolute atomic E-state index is 0.218. The molecule has 1 fully saturated rings. The van der Waals surface area contributed by atoms with Gasteiger partial charge in [0, 0.05) is 13.0 Å². The molecule has 0 saturated carbocycles. The van der Waals surface area contributed by atoms with Crippen LogP contribution in [-0.4, -0.2) is 81.5 Å². The van der Waals surface area contributed by atoms with Crippen molar-refractivity contribution in [2.24, 2.45) is 15.7 Å². The number of aliphatic hydroxyl groups is 2. The van der Waals surface area contributed by atoms with E-state index in [-0.39, 0.29) is 18.5 Å². The minimum atomic E-state index is -1.00. The number of fused-ring (bicyclic) bond motifs is 1. The van der Waals surface area contributed by atoms with Crippen LogP contribution in [0.4, 0.5) is 0 Å². The van der Waals surface area contributed by atoms with Gasteiger partial charge in [0.25, 0.3) is 5.91 Å². The number of carbonyl (C=O) groups excluding carboxylic acids is 1. The maximum absolute atomic E-state index is 13.1. The van der Waals surface area contributed by atoms with Crippen molar-refractivity contribution < 1.29 is 19.7 Å². The fourth-order valence-corrected chi connectivity index (χ4v) is 4.53. The molecular formula is C20H35N5O4. The maximum Gasteiger partial charge on any atom is 0.280 e. The van der Waals surface area contributed by atoms with Crippen LogP contribution in [-0.2, 0) is 9.53 Å². The van der Waals surface area contributed by atoms with E-state index in [9.17, 15) is 15.0 Å². The van der Waals surface area contributed by atoms with Gasteiger partial charge in [-0.25, -0.2) is 0 Å². The highest BCUT2D eigenvalue weighted by Crippen LogP contribution is 2.40. The predicted octanol–water partition coefficient (Wildman–Crippen LogP) is 0.791. The molecule has 0 aliphatic carbocycles. The van der Waals surface area contributed by atoms with E-state index < -0.39 is 30.1 Å². The van der Waals surface area contributed by atoms with Crippen molar-refractivity contribution in [2.45, 2.75) is 95.4 Å². The summed E-state index contributed by atoms with van der Waals surface area (Å²) in [5, 5.41) is 19.7. The molecule has 0 radical (unpaired) electrons. The molecule has 29 heavy (non-hydrogen) atoms. The fraction of sp³-hybridized carbons (Fsp3) is 0.850. The third-order valence-electron chi connectivity index (χ3n) is 6.19. The fourth-order valence-electron chi connectivity index (χ4n) is 4.53. The van der Waals surface area contributed by atoms with E-state index in [0.29, 0.717) is 19.4 Å². The van der Waals surface area contributed by atoms with Gasteiger partial charge in [0.1, 0.15) is 18.5 Å². The van der Waals surface area contributed by atoms with E-state index in [0.717, 1.165) is 38.5 Å². The Labute approximate surface area is 172 Å². The number of nitrogens with zero attached hydrogens (tertiary/aromatic N) is 4. The molecule has 9 heteroatoms. The molecule has 9 nitrogen and oxygen atoms in total. The number of nitrogens with two attached hydrogens (primary N) is 1. The summed E-state index contributed by atoms with van der Waals surface area (Å²) >= 11 is 0. The van der Waals surface area contributed by atoms with Crippen LogP contribution in [0.5, 0.6) is 0 Å². The summed E-state index contributed by atoms with van der Waals surface area (Å²) in [7, 11) is 0. The zero-order chi connectivity index (χ0) is 21.0. The first-order chi connectivity index (χ1) is 14.0. The SMILES string of the molecule is CCCCCN1C(N)=NC(=O)C2(CCCCC)N=CN([C@H]3C[C@H](O)[C@@H](CO)O3)C12. The van der Waals surface area contributed by atoms with Crippen LogP contribution in [0.2, 0.25) is 0 Å². The number of hydrogen-bond donors (Lipinski definition) is 3. The highest BCUT2D eigenvalue weighted by molar-refractivity contribution is 6.02. The normalized spacial score (nSPS) is 34.1. The first kappa shape index (κ1) is 22.0. The number of ether oxygens (including phenoxy) is 1. The Morgan fingerprint density at radius 2 is 2.00 bits per heavy atom. The lowest BCUT2D eigenvalue weighted by atomic mass is 9.86. The Kier molecular flexibility index (Phi) is 7.13. The van der Waals surface area contributed by atoms with E-state index in [4.69, 9.17) is 10.5 Å². The highest BCUT2D eigenvalue weighted by Gasteiger charge is 2.58. The molecule has 0 aromatic carbocycles. The third kappa shape index (κ3) is 4.13. The lowest BCUT2D eigenvalue weighted by Gasteiger charge is -2.46. The summed E-state index contributed by atoms with van der Waals surface area (Å²) in [6, 6.07) is 0.